The first-order valence-electron chi connectivity index (χ1n) is 9.05. The lowest BCUT2D eigenvalue weighted by Crippen LogP contribution is -2.13. The van der Waals surface area contributed by atoms with E-state index in [0.29, 0.717) is 17.2 Å². The minimum Gasteiger partial charge on any atom is -0.465 e. The molecule has 0 aromatic heterocycles. The summed E-state index contributed by atoms with van der Waals surface area (Å²) in [7, 11) is 1.28. The van der Waals surface area contributed by atoms with Crippen molar-refractivity contribution in [1.82, 2.24) is 0 Å². The number of rotatable bonds is 4. The van der Waals surface area contributed by atoms with E-state index in [0.717, 1.165) is 21.9 Å². The average molecular weight is 389 g/mol. The Kier molecular flexibility index (Phi) is 4.91. The van der Waals surface area contributed by atoms with Gasteiger partial charge in [0.15, 0.2) is 11.5 Å². The van der Waals surface area contributed by atoms with Crippen LogP contribution < -0.4 is 14.8 Å². The molecule has 1 N–H and O–H groups in total. The minimum absolute atomic E-state index is 0.0638. The Morgan fingerprint density at radius 1 is 1.00 bits per heavy atom. The van der Waals surface area contributed by atoms with Crippen LogP contribution in [0, 0.1) is 0 Å². The Morgan fingerprint density at radius 3 is 2.48 bits per heavy atom. The number of anilines is 1. The lowest BCUT2D eigenvalue weighted by Gasteiger charge is -2.10. The van der Waals surface area contributed by atoms with Crippen molar-refractivity contribution in [2.75, 3.05) is 19.2 Å². The zero-order chi connectivity index (χ0) is 20.4. The van der Waals surface area contributed by atoms with E-state index in [1.807, 2.05) is 49.4 Å². The van der Waals surface area contributed by atoms with Crippen LogP contribution in [0.3, 0.4) is 0 Å². The van der Waals surface area contributed by atoms with Gasteiger partial charge in [-0.05, 0) is 34.9 Å². The highest BCUT2D eigenvalue weighted by Crippen LogP contribution is 2.37. The average Bonchev–Trinajstić information content (AvgIpc) is 3.19. The summed E-state index contributed by atoms with van der Waals surface area (Å²) in [6.07, 6.45) is 1.50. The van der Waals surface area contributed by atoms with Crippen LogP contribution in [0.4, 0.5) is 5.69 Å². The van der Waals surface area contributed by atoms with Crippen molar-refractivity contribution < 1.29 is 23.8 Å². The second kappa shape index (κ2) is 7.67. The summed E-state index contributed by atoms with van der Waals surface area (Å²) in [5.74, 6) is -0.0389. The van der Waals surface area contributed by atoms with Gasteiger partial charge in [-0.25, -0.2) is 4.79 Å². The smallest absolute Gasteiger partial charge is 0.340 e. The van der Waals surface area contributed by atoms with Crippen LogP contribution in [0.15, 0.2) is 60.7 Å². The molecule has 0 unspecified atom stereocenters. The maximum Gasteiger partial charge on any atom is 0.340 e. The molecule has 6 nitrogen and oxygen atoms in total. The molecule has 0 aliphatic carbocycles. The van der Waals surface area contributed by atoms with Gasteiger partial charge in [0.25, 0.3) is 0 Å². The summed E-state index contributed by atoms with van der Waals surface area (Å²) in [4.78, 5) is 24.7. The number of carbonyl (C=O) groups is 2. The van der Waals surface area contributed by atoms with Crippen LogP contribution in [-0.4, -0.2) is 25.8 Å². The standard InChI is InChI=1S/C23H19NO5/c1-14(16-8-7-15-5-3-4-6-17(15)10-16)9-22(25)24-19-12-21-20(28-13-29-21)11-18(19)23(26)27-2/h3-12H,13H2,1-2H3,(H,24,25). The summed E-state index contributed by atoms with van der Waals surface area (Å²) in [6, 6.07) is 17.1. The second-order valence-corrected chi connectivity index (χ2v) is 6.62. The fourth-order valence-corrected chi connectivity index (χ4v) is 3.21. The number of carbonyl (C=O) groups excluding carboxylic acids is 2. The van der Waals surface area contributed by atoms with Crippen LogP contribution >= 0.6 is 0 Å². The highest BCUT2D eigenvalue weighted by Gasteiger charge is 2.22. The van der Waals surface area contributed by atoms with Crippen molar-refractivity contribution in [1.29, 1.82) is 0 Å². The van der Waals surface area contributed by atoms with Crippen molar-refractivity contribution in [2.24, 2.45) is 0 Å². The molecular weight excluding hydrogens is 370 g/mol. The van der Waals surface area contributed by atoms with E-state index < -0.39 is 5.97 Å². The van der Waals surface area contributed by atoms with Crippen molar-refractivity contribution in [3.63, 3.8) is 0 Å². The van der Waals surface area contributed by atoms with Crippen molar-refractivity contribution in [3.05, 3.63) is 71.8 Å². The third-order valence-corrected chi connectivity index (χ3v) is 4.73. The van der Waals surface area contributed by atoms with Gasteiger partial charge in [0.2, 0.25) is 12.7 Å². The molecule has 1 aliphatic heterocycles. The summed E-state index contributed by atoms with van der Waals surface area (Å²) in [6.45, 7) is 1.93. The van der Waals surface area contributed by atoms with E-state index in [-0.39, 0.29) is 18.3 Å². The molecule has 1 heterocycles. The third kappa shape index (κ3) is 3.78. The fraction of sp³-hybridized carbons (Fsp3) is 0.130. The molecule has 0 radical (unpaired) electrons. The van der Waals surface area contributed by atoms with E-state index in [1.54, 1.807) is 6.07 Å². The Bertz CT molecular complexity index is 1150. The molecule has 0 saturated heterocycles. The summed E-state index contributed by atoms with van der Waals surface area (Å²) >= 11 is 0. The zero-order valence-corrected chi connectivity index (χ0v) is 16.0. The molecule has 1 amide bonds. The van der Waals surface area contributed by atoms with Gasteiger partial charge in [-0.3, -0.25) is 4.79 Å². The minimum atomic E-state index is -0.575. The Hall–Kier alpha value is -3.80. The molecular formula is C23H19NO5. The van der Waals surface area contributed by atoms with E-state index in [1.165, 1.54) is 19.3 Å². The lowest BCUT2D eigenvalue weighted by atomic mass is 10.0. The van der Waals surface area contributed by atoms with Crippen LogP contribution in [0.25, 0.3) is 16.3 Å². The van der Waals surface area contributed by atoms with Crippen molar-refractivity contribution >= 4 is 33.9 Å². The second-order valence-electron chi connectivity index (χ2n) is 6.62. The number of methoxy groups -OCH3 is 1. The van der Waals surface area contributed by atoms with Crippen LogP contribution in [0.5, 0.6) is 11.5 Å². The molecule has 3 aromatic carbocycles. The number of hydrogen-bond acceptors (Lipinski definition) is 5. The molecule has 0 saturated carbocycles. The molecule has 0 fully saturated rings. The largest absolute Gasteiger partial charge is 0.465 e. The van der Waals surface area contributed by atoms with E-state index in [2.05, 4.69) is 5.32 Å². The first-order chi connectivity index (χ1) is 14.0. The van der Waals surface area contributed by atoms with E-state index in [4.69, 9.17) is 14.2 Å². The normalized spacial score (nSPS) is 12.7. The van der Waals surface area contributed by atoms with Gasteiger partial charge in [-0.15, -0.1) is 0 Å². The van der Waals surface area contributed by atoms with E-state index in [9.17, 15) is 9.59 Å². The molecule has 3 aromatic rings. The van der Waals surface area contributed by atoms with Crippen LogP contribution in [0.1, 0.15) is 22.8 Å². The third-order valence-electron chi connectivity index (χ3n) is 4.73. The van der Waals surface area contributed by atoms with E-state index >= 15 is 0 Å². The monoisotopic (exact) mass is 389 g/mol. The SMILES string of the molecule is COC(=O)c1cc2c(cc1NC(=O)C=C(C)c1ccc3ccccc3c1)OCO2. The molecule has 0 bridgehead atoms. The predicted octanol–water partition coefficient (Wildman–Crippen LogP) is 4.40. The molecule has 0 spiro atoms. The number of fused-ring (bicyclic) bond motifs is 2. The predicted molar refractivity (Wildman–Crippen MR) is 110 cm³/mol. The molecule has 6 heteroatoms. The number of benzene rings is 3. The lowest BCUT2D eigenvalue weighted by molar-refractivity contribution is -0.111. The summed E-state index contributed by atoms with van der Waals surface area (Å²) in [5.41, 5.74) is 2.24. The molecule has 146 valence electrons. The maximum absolute atomic E-state index is 12.6. The summed E-state index contributed by atoms with van der Waals surface area (Å²) in [5, 5.41) is 4.98. The van der Waals surface area contributed by atoms with Gasteiger partial charge in [-0.2, -0.15) is 0 Å². The Balaban J connectivity index is 1.61. The number of hydrogen-bond donors (Lipinski definition) is 1. The number of allylic oxidation sites excluding steroid dienone is 1. The Labute approximate surface area is 167 Å². The van der Waals surface area contributed by atoms with Gasteiger partial charge in [-0.1, -0.05) is 36.4 Å². The van der Waals surface area contributed by atoms with Crippen LogP contribution in [0.2, 0.25) is 0 Å². The van der Waals surface area contributed by atoms with Gasteiger partial charge < -0.3 is 19.5 Å². The van der Waals surface area contributed by atoms with Gasteiger partial charge in [0, 0.05) is 18.2 Å². The van der Waals surface area contributed by atoms with Crippen molar-refractivity contribution in [2.45, 2.75) is 6.92 Å². The van der Waals surface area contributed by atoms with Crippen molar-refractivity contribution in [3.8, 4) is 11.5 Å². The number of esters is 1. The maximum atomic E-state index is 12.6. The van der Waals surface area contributed by atoms with Gasteiger partial charge >= 0.3 is 5.97 Å². The summed E-state index contributed by atoms with van der Waals surface area (Å²) < 4.78 is 15.4. The van der Waals surface area contributed by atoms with Crippen LogP contribution in [-0.2, 0) is 9.53 Å². The van der Waals surface area contributed by atoms with Gasteiger partial charge in [0.1, 0.15) is 0 Å². The first-order valence-corrected chi connectivity index (χ1v) is 9.05. The van der Waals surface area contributed by atoms with Gasteiger partial charge in [0.05, 0.1) is 18.4 Å². The zero-order valence-electron chi connectivity index (χ0n) is 16.0. The molecule has 0 atom stereocenters. The first kappa shape index (κ1) is 18.6. The highest BCUT2D eigenvalue weighted by atomic mass is 16.7. The topological polar surface area (TPSA) is 73.9 Å². The number of nitrogens with one attached hydrogen (secondary N) is 1. The Morgan fingerprint density at radius 2 is 1.72 bits per heavy atom. The highest BCUT2D eigenvalue weighted by molar-refractivity contribution is 6.08. The fourth-order valence-electron chi connectivity index (χ4n) is 3.21. The number of ether oxygens (including phenoxy) is 3. The molecule has 1 aliphatic rings. The molecule has 29 heavy (non-hydrogen) atoms. The number of amides is 1. The quantitative estimate of drug-likeness (QED) is 0.529. The molecule has 4 rings (SSSR count).